The normalized spacial score (nSPS) is 18.0. The highest BCUT2D eigenvalue weighted by molar-refractivity contribution is 6.46. The minimum absolute atomic E-state index is 0.0416. The number of unbranched alkanes of at least 4 members (excludes halogenated alkanes) is 1. The molecule has 1 aliphatic rings. The summed E-state index contributed by atoms with van der Waals surface area (Å²) in [5.74, 6) is -1.72. The third-order valence-electron chi connectivity index (χ3n) is 5.05. The van der Waals surface area contributed by atoms with E-state index >= 15 is 0 Å². The van der Waals surface area contributed by atoms with Crippen molar-refractivity contribution in [1.29, 1.82) is 0 Å². The van der Waals surface area contributed by atoms with Gasteiger partial charge in [-0.15, -0.1) is 0 Å². The Bertz CT molecular complexity index is 1010. The van der Waals surface area contributed by atoms with Crippen molar-refractivity contribution >= 4 is 23.4 Å². The lowest BCUT2D eigenvalue weighted by atomic mass is 9.95. The predicted molar refractivity (Wildman–Crippen MR) is 113 cm³/mol. The Morgan fingerprint density at radius 2 is 1.83 bits per heavy atom. The molecule has 1 N–H and O–H groups in total. The number of benzene rings is 2. The van der Waals surface area contributed by atoms with Gasteiger partial charge < -0.3 is 14.7 Å². The largest absolute Gasteiger partial charge is 0.507 e. The molecule has 3 rings (SSSR count). The number of aryl methyl sites for hydroxylation is 1. The Kier molecular flexibility index (Phi) is 6.35. The minimum atomic E-state index is -0.756. The molecule has 1 fully saturated rings. The summed E-state index contributed by atoms with van der Waals surface area (Å²) < 4.78 is 5.17. The van der Waals surface area contributed by atoms with Crippen LogP contribution in [0.5, 0.6) is 5.75 Å². The highest BCUT2D eigenvalue weighted by atomic mass is 16.5. The third kappa shape index (κ3) is 4.27. The summed E-state index contributed by atoms with van der Waals surface area (Å²) in [5.41, 5.74) is 2.12. The van der Waals surface area contributed by atoms with Gasteiger partial charge in [-0.25, -0.2) is 0 Å². The van der Waals surface area contributed by atoms with Gasteiger partial charge in [-0.05, 0) is 31.0 Å². The van der Waals surface area contributed by atoms with Crippen molar-refractivity contribution < 1.29 is 24.2 Å². The van der Waals surface area contributed by atoms with E-state index in [0.29, 0.717) is 23.4 Å². The van der Waals surface area contributed by atoms with Crippen LogP contribution in [0.25, 0.3) is 5.76 Å². The fourth-order valence-electron chi connectivity index (χ4n) is 3.57. The van der Waals surface area contributed by atoms with Crippen LogP contribution in [0.2, 0.25) is 0 Å². The monoisotopic (exact) mass is 407 g/mol. The maximum Gasteiger partial charge on any atom is 0.308 e. The van der Waals surface area contributed by atoms with Gasteiger partial charge in [0.05, 0.1) is 11.6 Å². The molecule has 0 bridgehead atoms. The highest BCUT2D eigenvalue weighted by Gasteiger charge is 2.45. The first-order valence-electron chi connectivity index (χ1n) is 9.97. The Balaban J connectivity index is 2.15. The summed E-state index contributed by atoms with van der Waals surface area (Å²) in [6, 6.07) is 13.0. The second-order valence-corrected chi connectivity index (χ2v) is 7.38. The van der Waals surface area contributed by atoms with E-state index in [1.165, 1.54) is 11.8 Å². The van der Waals surface area contributed by atoms with Crippen LogP contribution in [0.4, 0.5) is 0 Å². The van der Waals surface area contributed by atoms with Crippen LogP contribution in [-0.4, -0.2) is 34.2 Å². The standard InChI is InChI=1S/C24H25NO5/c1-4-5-13-25-21(18-7-6-8-19(14-18)30-16(3)26)20(23(28)24(25)29)22(27)17-11-9-15(2)10-12-17/h6-12,14,21,27H,4-5,13H2,1-3H3/b22-20-. The summed E-state index contributed by atoms with van der Waals surface area (Å²) >= 11 is 0. The SMILES string of the molecule is CCCCN1C(=O)C(=O)/C(=C(\O)c2ccc(C)cc2)C1c1cccc(OC(C)=O)c1. The molecule has 1 atom stereocenters. The maximum atomic E-state index is 12.9. The number of aliphatic hydroxyl groups excluding tert-OH is 1. The Morgan fingerprint density at radius 3 is 2.47 bits per heavy atom. The number of ether oxygens (including phenoxy) is 1. The number of esters is 1. The highest BCUT2D eigenvalue weighted by Crippen LogP contribution is 2.40. The molecule has 2 aromatic carbocycles. The quantitative estimate of drug-likeness (QED) is 0.256. The van der Waals surface area contributed by atoms with Crippen LogP contribution in [0.15, 0.2) is 54.1 Å². The second-order valence-electron chi connectivity index (χ2n) is 7.38. The first kappa shape index (κ1) is 21.3. The number of nitrogens with zero attached hydrogens (tertiary/aromatic N) is 1. The number of hydrogen-bond acceptors (Lipinski definition) is 5. The minimum Gasteiger partial charge on any atom is -0.507 e. The van der Waals surface area contributed by atoms with Gasteiger partial charge in [0.2, 0.25) is 0 Å². The molecular formula is C24H25NO5. The lowest BCUT2D eigenvalue weighted by molar-refractivity contribution is -0.139. The zero-order valence-corrected chi connectivity index (χ0v) is 17.3. The molecule has 0 aliphatic carbocycles. The van der Waals surface area contributed by atoms with Crippen LogP contribution in [-0.2, 0) is 14.4 Å². The molecular weight excluding hydrogens is 382 g/mol. The molecule has 30 heavy (non-hydrogen) atoms. The summed E-state index contributed by atoms with van der Waals surface area (Å²) in [4.78, 5) is 38.6. The number of rotatable bonds is 6. The third-order valence-corrected chi connectivity index (χ3v) is 5.05. The van der Waals surface area contributed by atoms with Crippen LogP contribution in [0.3, 0.4) is 0 Å². The maximum absolute atomic E-state index is 12.9. The van der Waals surface area contributed by atoms with Crippen LogP contribution in [0, 0.1) is 6.92 Å². The molecule has 1 saturated heterocycles. The second kappa shape index (κ2) is 8.95. The Morgan fingerprint density at radius 1 is 1.13 bits per heavy atom. The molecule has 2 aromatic rings. The zero-order valence-electron chi connectivity index (χ0n) is 17.3. The van der Waals surface area contributed by atoms with Crippen molar-refractivity contribution in [2.24, 2.45) is 0 Å². The number of aliphatic hydroxyl groups is 1. The Hall–Kier alpha value is -3.41. The van der Waals surface area contributed by atoms with E-state index in [9.17, 15) is 19.5 Å². The average molecular weight is 407 g/mol. The molecule has 156 valence electrons. The number of carbonyl (C=O) groups is 3. The number of hydrogen-bond donors (Lipinski definition) is 1. The van der Waals surface area contributed by atoms with Gasteiger partial charge in [0.15, 0.2) is 0 Å². The zero-order chi connectivity index (χ0) is 21.8. The van der Waals surface area contributed by atoms with Gasteiger partial charge in [-0.3, -0.25) is 14.4 Å². The van der Waals surface area contributed by atoms with Gasteiger partial charge in [0, 0.05) is 19.0 Å². The molecule has 0 aromatic heterocycles. The average Bonchev–Trinajstić information content (AvgIpc) is 2.96. The lowest BCUT2D eigenvalue weighted by Crippen LogP contribution is -2.30. The number of carbonyl (C=O) groups excluding carboxylic acids is 3. The summed E-state index contributed by atoms with van der Waals surface area (Å²) in [7, 11) is 0. The van der Waals surface area contributed by atoms with Crippen molar-refractivity contribution in [2.75, 3.05) is 6.54 Å². The number of amides is 1. The number of Topliss-reactive ketones (excluding diaryl/α,β-unsaturated/α-hetero) is 1. The van der Waals surface area contributed by atoms with Gasteiger partial charge in [-0.1, -0.05) is 55.3 Å². The molecule has 6 nitrogen and oxygen atoms in total. The van der Waals surface area contributed by atoms with Gasteiger partial charge in [0.1, 0.15) is 11.5 Å². The summed E-state index contributed by atoms with van der Waals surface area (Å²) in [6.45, 7) is 5.61. The van der Waals surface area contributed by atoms with E-state index in [1.54, 1.807) is 36.4 Å². The molecule has 0 spiro atoms. The van der Waals surface area contributed by atoms with Crippen molar-refractivity contribution in [3.63, 3.8) is 0 Å². The molecule has 6 heteroatoms. The van der Waals surface area contributed by atoms with Gasteiger partial charge in [-0.2, -0.15) is 0 Å². The lowest BCUT2D eigenvalue weighted by Gasteiger charge is -2.25. The van der Waals surface area contributed by atoms with Crippen molar-refractivity contribution in [3.8, 4) is 5.75 Å². The number of ketones is 1. The van der Waals surface area contributed by atoms with Crippen LogP contribution in [0.1, 0.15) is 49.4 Å². The summed E-state index contributed by atoms with van der Waals surface area (Å²) in [6.07, 6.45) is 1.57. The molecule has 1 aliphatic heterocycles. The first-order valence-corrected chi connectivity index (χ1v) is 9.97. The van der Waals surface area contributed by atoms with Crippen molar-refractivity contribution in [3.05, 3.63) is 70.8 Å². The topological polar surface area (TPSA) is 83.9 Å². The summed E-state index contributed by atoms with van der Waals surface area (Å²) in [5, 5.41) is 11.0. The van der Waals surface area contributed by atoms with E-state index in [0.717, 1.165) is 18.4 Å². The van der Waals surface area contributed by atoms with Gasteiger partial charge >= 0.3 is 5.97 Å². The van der Waals surface area contributed by atoms with Crippen LogP contribution >= 0.6 is 0 Å². The smallest absolute Gasteiger partial charge is 0.308 e. The first-order chi connectivity index (χ1) is 14.3. The molecule has 1 amide bonds. The van der Waals surface area contributed by atoms with Crippen molar-refractivity contribution in [1.82, 2.24) is 4.90 Å². The molecule has 0 saturated carbocycles. The predicted octanol–water partition coefficient (Wildman–Crippen LogP) is 4.14. The van der Waals surface area contributed by atoms with Crippen LogP contribution < -0.4 is 4.74 Å². The van der Waals surface area contributed by atoms with E-state index in [4.69, 9.17) is 4.74 Å². The fraction of sp³-hybridized carbons (Fsp3) is 0.292. The van der Waals surface area contributed by atoms with E-state index in [-0.39, 0.29) is 11.3 Å². The van der Waals surface area contributed by atoms with Gasteiger partial charge in [0.25, 0.3) is 11.7 Å². The van der Waals surface area contributed by atoms with Crippen molar-refractivity contribution in [2.45, 2.75) is 39.7 Å². The van der Waals surface area contributed by atoms with E-state index in [1.807, 2.05) is 26.0 Å². The molecule has 1 heterocycles. The van der Waals surface area contributed by atoms with E-state index in [2.05, 4.69) is 0 Å². The number of likely N-dealkylation sites (tertiary alicyclic amines) is 1. The molecule has 0 radical (unpaired) electrons. The fourth-order valence-corrected chi connectivity index (χ4v) is 3.57. The van der Waals surface area contributed by atoms with E-state index < -0.39 is 23.7 Å². The molecule has 1 unspecified atom stereocenters. The Labute approximate surface area is 175 Å².